The number of rotatable bonds is 4. The van der Waals surface area contributed by atoms with Gasteiger partial charge in [0.15, 0.2) is 0 Å². The first-order valence-corrected chi connectivity index (χ1v) is 16.4. The maximum atomic E-state index is 13.7. The first kappa shape index (κ1) is 29.5. The Hall–Kier alpha value is -1.03. The molecule has 0 spiro atoms. The molecular formula is C34H53ClO4. The van der Waals surface area contributed by atoms with E-state index in [1.54, 1.807) is 5.57 Å². The van der Waals surface area contributed by atoms with Crippen LogP contribution in [0.4, 0.5) is 0 Å². The van der Waals surface area contributed by atoms with Crippen LogP contribution in [0.15, 0.2) is 11.6 Å². The van der Waals surface area contributed by atoms with Crippen molar-refractivity contribution in [3.8, 4) is 0 Å². The lowest BCUT2D eigenvalue weighted by Crippen LogP contribution is -2.65. The van der Waals surface area contributed by atoms with Crippen molar-refractivity contribution in [3.05, 3.63) is 11.6 Å². The molecule has 1 unspecified atom stereocenters. The Balaban J connectivity index is 1.54. The largest absolute Gasteiger partial charge is 0.466 e. The number of hydrogen-bond donors (Lipinski definition) is 0. The van der Waals surface area contributed by atoms with Gasteiger partial charge < -0.3 is 9.47 Å². The Morgan fingerprint density at radius 3 is 2.33 bits per heavy atom. The molecule has 4 fully saturated rings. The van der Waals surface area contributed by atoms with Gasteiger partial charge in [-0.05, 0) is 111 Å². The summed E-state index contributed by atoms with van der Waals surface area (Å²) in [6.45, 7) is 19.6. The van der Waals surface area contributed by atoms with Crippen LogP contribution in [-0.2, 0) is 19.1 Å². The molecule has 0 radical (unpaired) electrons. The minimum Gasteiger partial charge on any atom is -0.466 e. The summed E-state index contributed by atoms with van der Waals surface area (Å²) in [5.41, 5.74) is 1.60. The molecule has 5 heteroatoms. The number of ether oxygens (including phenoxy) is 2. The average molecular weight is 561 g/mol. The van der Waals surface area contributed by atoms with Gasteiger partial charge in [0.1, 0.15) is 12.0 Å². The van der Waals surface area contributed by atoms with E-state index in [0.29, 0.717) is 30.3 Å². The van der Waals surface area contributed by atoms with E-state index in [0.717, 1.165) is 51.4 Å². The quantitative estimate of drug-likeness (QED) is 0.197. The highest BCUT2D eigenvalue weighted by molar-refractivity contribution is 6.26. The van der Waals surface area contributed by atoms with E-state index in [1.807, 2.05) is 6.92 Å². The third-order valence-electron chi connectivity index (χ3n) is 14.0. The molecule has 5 aliphatic carbocycles. The molecule has 0 N–H and O–H groups in total. The van der Waals surface area contributed by atoms with E-state index in [2.05, 4.69) is 54.5 Å². The molecule has 5 aliphatic rings. The summed E-state index contributed by atoms with van der Waals surface area (Å²) in [5, 5.41) is 0. The summed E-state index contributed by atoms with van der Waals surface area (Å²) in [4.78, 5) is 25.9. The summed E-state index contributed by atoms with van der Waals surface area (Å²) in [5.74, 6) is 2.15. The zero-order chi connectivity index (χ0) is 28.6. The van der Waals surface area contributed by atoms with Crippen molar-refractivity contribution < 1.29 is 19.1 Å². The second-order valence-electron chi connectivity index (χ2n) is 15.5. The van der Waals surface area contributed by atoms with Crippen molar-refractivity contribution in [2.24, 2.45) is 56.7 Å². The highest BCUT2D eigenvalue weighted by Gasteiger charge is 2.70. The highest BCUT2D eigenvalue weighted by atomic mass is 35.5. The topological polar surface area (TPSA) is 52.6 Å². The van der Waals surface area contributed by atoms with Gasteiger partial charge in [-0.3, -0.25) is 9.59 Å². The number of hydrogen-bond acceptors (Lipinski definition) is 4. The van der Waals surface area contributed by atoms with Gasteiger partial charge in [-0.15, -0.1) is 11.6 Å². The van der Waals surface area contributed by atoms with Crippen molar-refractivity contribution in [1.29, 1.82) is 0 Å². The number of allylic oxidation sites excluding steroid dienone is 2. The van der Waals surface area contributed by atoms with Gasteiger partial charge in [-0.1, -0.05) is 60.1 Å². The molecule has 220 valence electrons. The van der Waals surface area contributed by atoms with Crippen molar-refractivity contribution in [2.45, 2.75) is 119 Å². The number of alkyl halides is 1. The molecule has 0 bridgehead atoms. The van der Waals surface area contributed by atoms with Crippen LogP contribution in [0.5, 0.6) is 0 Å². The Bertz CT molecular complexity index is 1030. The fourth-order valence-electron chi connectivity index (χ4n) is 11.5. The predicted octanol–water partition coefficient (Wildman–Crippen LogP) is 8.36. The molecule has 4 nitrogen and oxygen atoms in total. The molecule has 0 aromatic rings. The van der Waals surface area contributed by atoms with Gasteiger partial charge in [0, 0.05) is 5.41 Å². The molecule has 39 heavy (non-hydrogen) atoms. The van der Waals surface area contributed by atoms with Gasteiger partial charge in [0.05, 0.1) is 12.0 Å². The minimum absolute atomic E-state index is 0.0613. The third kappa shape index (κ3) is 3.95. The van der Waals surface area contributed by atoms with Crippen LogP contribution in [0.25, 0.3) is 0 Å². The van der Waals surface area contributed by atoms with Crippen LogP contribution >= 0.6 is 11.6 Å². The zero-order valence-electron chi connectivity index (χ0n) is 25.8. The molecule has 0 aliphatic heterocycles. The molecule has 0 aromatic heterocycles. The van der Waals surface area contributed by atoms with Gasteiger partial charge in [-0.25, -0.2) is 0 Å². The van der Waals surface area contributed by atoms with Crippen LogP contribution in [0.1, 0.15) is 113 Å². The van der Waals surface area contributed by atoms with Gasteiger partial charge in [-0.2, -0.15) is 0 Å². The first-order chi connectivity index (χ1) is 18.2. The maximum absolute atomic E-state index is 13.7. The Kier molecular flexibility index (Phi) is 7.38. The van der Waals surface area contributed by atoms with Crippen LogP contribution in [0.2, 0.25) is 0 Å². The number of carbonyl (C=O) groups is 2. The van der Waals surface area contributed by atoms with Crippen LogP contribution in [-0.4, -0.2) is 30.5 Å². The molecule has 5 rings (SSSR count). The highest BCUT2D eigenvalue weighted by Crippen LogP contribution is 2.76. The maximum Gasteiger partial charge on any atom is 0.321 e. The fraction of sp³-hybridized carbons (Fsp3) is 0.882. The SMILES string of the molecule is CCOC(=O)[C@]12CC[C@@H](C)[C@H](C)[C@H]1C1=CC[C@@H]3[C@@]4(C)CCC(OC(=O)CCl)C(C)(C)[C@@H]4CC[C@@]3(C)[C@]1(C)CC2. The summed E-state index contributed by atoms with van der Waals surface area (Å²) in [7, 11) is 0. The Labute approximate surface area is 242 Å². The predicted molar refractivity (Wildman–Crippen MR) is 156 cm³/mol. The van der Waals surface area contributed by atoms with Crippen LogP contribution < -0.4 is 0 Å². The first-order valence-electron chi connectivity index (χ1n) is 15.9. The Morgan fingerprint density at radius 1 is 0.949 bits per heavy atom. The van der Waals surface area contributed by atoms with Crippen molar-refractivity contribution in [3.63, 3.8) is 0 Å². The molecule has 4 saturated carbocycles. The second-order valence-corrected chi connectivity index (χ2v) is 15.8. The van der Waals surface area contributed by atoms with Crippen molar-refractivity contribution in [2.75, 3.05) is 12.5 Å². The van der Waals surface area contributed by atoms with Gasteiger partial charge in [0.2, 0.25) is 0 Å². The number of halogens is 1. The van der Waals surface area contributed by atoms with Crippen molar-refractivity contribution in [1.82, 2.24) is 0 Å². The molecule has 0 aromatic carbocycles. The smallest absolute Gasteiger partial charge is 0.321 e. The van der Waals surface area contributed by atoms with E-state index in [-0.39, 0.29) is 56.9 Å². The van der Waals surface area contributed by atoms with E-state index in [4.69, 9.17) is 21.1 Å². The average Bonchev–Trinajstić information content (AvgIpc) is 2.88. The molecule has 0 amide bonds. The summed E-state index contributed by atoms with van der Waals surface area (Å²) in [6, 6.07) is 0. The van der Waals surface area contributed by atoms with E-state index in [1.165, 1.54) is 6.42 Å². The van der Waals surface area contributed by atoms with Crippen LogP contribution in [0.3, 0.4) is 0 Å². The number of carbonyl (C=O) groups excluding carboxylic acids is 2. The third-order valence-corrected chi connectivity index (χ3v) is 14.2. The number of fused-ring (bicyclic) bond motifs is 7. The standard InChI is InChI=1S/C34H53ClO4/c1-9-38-29(37)34-17-12-21(2)22(3)28(34)23-10-11-25-31(6)15-14-26(39-27(36)20-35)30(4,5)24(31)13-16-33(25,8)32(23,7)18-19-34/h10,21-22,24-26,28H,9,11-20H2,1-8H3/t21-,22+,24+,25-,26?,28+,31+,32-,33-,34+/m1/s1. The van der Waals surface area contributed by atoms with Gasteiger partial charge in [0.25, 0.3) is 0 Å². The lowest BCUT2D eigenvalue weighted by molar-refractivity contribution is -0.214. The molecule has 0 heterocycles. The lowest BCUT2D eigenvalue weighted by Gasteiger charge is -2.71. The van der Waals surface area contributed by atoms with E-state index >= 15 is 0 Å². The normalized spacial score (nSPS) is 48.4. The fourth-order valence-corrected chi connectivity index (χ4v) is 11.6. The minimum atomic E-state index is -0.357. The summed E-state index contributed by atoms with van der Waals surface area (Å²) >= 11 is 5.82. The summed E-state index contributed by atoms with van der Waals surface area (Å²) < 4.78 is 11.7. The molecular weight excluding hydrogens is 508 g/mol. The van der Waals surface area contributed by atoms with E-state index < -0.39 is 0 Å². The summed E-state index contributed by atoms with van der Waals surface area (Å²) in [6.07, 6.45) is 12.1. The lowest BCUT2D eigenvalue weighted by atomic mass is 9.33. The zero-order valence-corrected chi connectivity index (χ0v) is 26.6. The Morgan fingerprint density at radius 2 is 1.67 bits per heavy atom. The van der Waals surface area contributed by atoms with Crippen molar-refractivity contribution >= 4 is 23.5 Å². The molecule has 0 saturated heterocycles. The molecule has 10 atom stereocenters. The number of esters is 2. The van der Waals surface area contributed by atoms with Gasteiger partial charge >= 0.3 is 11.9 Å². The second kappa shape index (κ2) is 9.77. The van der Waals surface area contributed by atoms with Crippen LogP contribution in [0, 0.1) is 56.7 Å². The van der Waals surface area contributed by atoms with E-state index in [9.17, 15) is 9.59 Å². The monoisotopic (exact) mass is 560 g/mol.